The highest BCUT2D eigenvalue weighted by Crippen LogP contribution is 2.40. The van der Waals surface area contributed by atoms with Gasteiger partial charge in [0.25, 0.3) is 19.3 Å². The molecule has 1 atom stereocenters. The molecule has 0 radical (unpaired) electrons. The summed E-state index contributed by atoms with van der Waals surface area (Å²) in [6.07, 6.45) is 0.884. The van der Waals surface area contributed by atoms with Crippen molar-refractivity contribution in [2.24, 2.45) is 11.8 Å². The fourth-order valence-corrected chi connectivity index (χ4v) is 5.41. The van der Waals surface area contributed by atoms with Gasteiger partial charge in [0.05, 0.1) is 5.25 Å². The van der Waals surface area contributed by atoms with Crippen molar-refractivity contribution in [2.45, 2.75) is 79.1 Å². The topological polar surface area (TPSA) is 212 Å². The summed E-state index contributed by atoms with van der Waals surface area (Å²) in [7, 11) is -6.70. The number of hydrogen-bond acceptors (Lipinski definition) is 7. The minimum absolute atomic E-state index is 0.0585. The number of nitrogens with one attached hydrogen (secondary N) is 6. The van der Waals surface area contributed by atoms with Crippen LogP contribution >= 0.6 is 7.52 Å². The van der Waals surface area contributed by atoms with Crippen LogP contribution < -0.4 is 31.1 Å². The van der Waals surface area contributed by atoms with E-state index in [1.165, 1.54) is 0 Å². The zero-order chi connectivity index (χ0) is 38.1. The Labute approximate surface area is 296 Å². The van der Waals surface area contributed by atoms with Gasteiger partial charge < -0.3 is 26.2 Å². The molecule has 0 aliphatic rings. The van der Waals surface area contributed by atoms with Gasteiger partial charge in [0.15, 0.2) is 0 Å². The van der Waals surface area contributed by atoms with Gasteiger partial charge in [-0.1, -0.05) is 41.5 Å². The Morgan fingerprint density at radius 2 is 1.02 bits per heavy atom. The van der Waals surface area contributed by atoms with E-state index in [0.29, 0.717) is 35.3 Å². The van der Waals surface area contributed by atoms with E-state index < -0.39 is 22.8 Å². The van der Waals surface area contributed by atoms with Gasteiger partial charge in [-0.2, -0.15) is 0 Å². The molecule has 4 amide bonds. The molecule has 7 N–H and O–H groups in total. The van der Waals surface area contributed by atoms with E-state index in [1.807, 2.05) is 27.7 Å². The minimum atomic E-state index is -3.37. The smallest absolute Gasteiger partial charge is 0.269 e. The van der Waals surface area contributed by atoms with E-state index in [9.17, 15) is 37.1 Å². The largest absolute Gasteiger partial charge is 0.351 e. The molecule has 2 rings (SSSR count). The molecule has 0 saturated carbocycles. The molecule has 2 aromatic carbocycles. The lowest BCUT2D eigenvalue weighted by molar-refractivity contribution is -0.117. The van der Waals surface area contributed by atoms with Crippen LogP contribution in [-0.2, 0) is 24.2 Å². The SMILES string of the molecule is CC(C)CC(=O)Nc1ccc(C(=O)NCCNP(=O)(O)C(C)C)cc1.CC(C)CC(=O)Nc1ccc(C(=O)NCCNS(=O)(=O)C(C)C)cc1. The molecular weight excluding hydrogens is 683 g/mol. The standard InChI is InChI=1S/C17H28N3O4P.C17H27N3O4S/c2*1-12(2)11-16(21)20-15-7-5-14(6-8-15)17(22)18-9-10-19-25(23,24)13(3)4/h5-8,12-13H,9-11H2,1-4H3,(H,18,22)(H,20,21)(H2,19,23,24);5-8,12-13,19H,9-11H2,1-4H3,(H,18,22)(H,20,21). The van der Waals surface area contributed by atoms with Gasteiger partial charge in [-0.25, -0.2) is 18.2 Å². The van der Waals surface area contributed by atoms with E-state index in [4.69, 9.17) is 0 Å². The highest BCUT2D eigenvalue weighted by molar-refractivity contribution is 7.90. The number of sulfonamides is 1. The molecule has 280 valence electrons. The maximum Gasteiger partial charge on any atom is 0.269 e. The highest BCUT2D eigenvalue weighted by atomic mass is 32.2. The molecule has 16 heteroatoms. The van der Waals surface area contributed by atoms with Crippen molar-refractivity contribution in [2.75, 3.05) is 36.8 Å². The third-order valence-corrected chi connectivity index (χ3v) is 10.8. The van der Waals surface area contributed by atoms with E-state index >= 15 is 0 Å². The van der Waals surface area contributed by atoms with Gasteiger partial charge in [-0.15, -0.1) is 0 Å². The highest BCUT2D eigenvalue weighted by Gasteiger charge is 2.21. The molecule has 0 saturated heterocycles. The van der Waals surface area contributed by atoms with Crippen LogP contribution in [0.4, 0.5) is 11.4 Å². The number of hydrogen-bond donors (Lipinski definition) is 7. The maximum absolute atomic E-state index is 12.0. The normalized spacial score (nSPS) is 12.6. The third-order valence-electron chi connectivity index (χ3n) is 6.83. The molecule has 14 nitrogen and oxygen atoms in total. The van der Waals surface area contributed by atoms with E-state index in [-0.39, 0.29) is 67.3 Å². The monoisotopic (exact) mass is 738 g/mol. The summed E-state index contributed by atoms with van der Waals surface area (Å²) in [5.74, 6) is -0.147. The van der Waals surface area contributed by atoms with Crippen molar-refractivity contribution < 1.29 is 37.1 Å². The van der Waals surface area contributed by atoms with Crippen molar-refractivity contribution in [1.29, 1.82) is 0 Å². The minimum Gasteiger partial charge on any atom is -0.351 e. The van der Waals surface area contributed by atoms with Gasteiger partial charge >= 0.3 is 0 Å². The first kappa shape index (κ1) is 44.4. The van der Waals surface area contributed by atoms with Crippen molar-refractivity contribution in [3.8, 4) is 0 Å². The summed E-state index contributed by atoms with van der Waals surface area (Å²) >= 11 is 0. The van der Waals surface area contributed by atoms with Crippen LogP contribution in [0.2, 0.25) is 0 Å². The Balaban J connectivity index is 0.000000500. The zero-order valence-corrected chi connectivity index (χ0v) is 32.0. The summed E-state index contributed by atoms with van der Waals surface area (Å²) < 4.78 is 37.3. The van der Waals surface area contributed by atoms with Gasteiger partial charge in [-0.05, 0) is 74.2 Å². The van der Waals surface area contributed by atoms with E-state index in [1.54, 1.807) is 76.2 Å². The van der Waals surface area contributed by atoms with Gasteiger partial charge in [-0.3, -0.25) is 23.7 Å². The summed E-state index contributed by atoms with van der Waals surface area (Å²) in [5, 5.41) is 12.9. The Hall–Kier alpha value is -3.62. The molecule has 0 heterocycles. The zero-order valence-electron chi connectivity index (χ0n) is 30.3. The van der Waals surface area contributed by atoms with Gasteiger partial charge in [0, 0.05) is 67.2 Å². The predicted molar refractivity (Wildman–Crippen MR) is 199 cm³/mol. The fourth-order valence-electron chi connectivity index (χ4n) is 3.89. The molecule has 0 fully saturated rings. The molecule has 1 unspecified atom stereocenters. The van der Waals surface area contributed by atoms with Crippen LogP contribution in [0.1, 0.15) is 88.9 Å². The first-order valence-electron chi connectivity index (χ1n) is 16.7. The summed E-state index contributed by atoms with van der Waals surface area (Å²) in [6.45, 7) is 15.1. The first-order valence-corrected chi connectivity index (χ1v) is 19.9. The van der Waals surface area contributed by atoms with E-state index in [0.717, 1.165) is 0 Å². The molecular formula is C34H55N6O8PS. The molecule has 0 aromatic heterocycles. The lowest BCUT2D eigenvalue weighted by atomic mass is 10.1. The van der Waals surface area contributed by atoms with Crippen LogP contribution in [0.3, 0.4) is 0 Å². The van der Waals surface area contributed by atoms with E-state index in [2.05, 4.69) is 31.1 Å². The quantitative estimate of drug-likeness (QED) is 0.0857. The number of carbonyl (C=O) groups excluding carboxylic acids is 4. The number of carbonyl (C=O) groups is 4. The Bertz CT molecular complexity index is 1550. The molecule has 2 aromatic rings. The van der Waals surface area contributed by atoms with Gasteiger partial charge in [0.1, 0.15) is 0 Å². The second-order valence-corrected chi connectivity index (χ2v) is 18.0. The molecule has 0 aliphatic heterocycles. The Kier molecular flexibility index (Phi) is 19.1. The van der Waals surface area contributed by atoms with Crippen LogP contribution in [-0.4, -0.2) is 74.0 Å². The Morgan fingerprint density at radius 1 is 0.640 bits per heavy atom. The summed E-state index contributed by atoms with van der Waals surface area (Å²) in [6, 6.07) is 13.1. The third kappa shape index (κ3) is 17.9. The summed E-state index contributed by atoms with van der Waals surface area (Å²) in [4.78, 5) is 57.1. The average molecular weight is 739 g/mol. The first-order chi connectivity index (χ1) is 23.2. The van der Waals surface area contributed by atoms with Crippen molar-refractivity contribution in [1.82, 2.24) is 20.4 Å². The van der Waals surface area contributed by atoms with Crippen LogP contribution in [0, 0.1) is 11.8 Å². The second kappa shape index (κ2) is 21.6. The number of benzene rings is 2. The average Bonchev–Trinajstić information content (AvgIpc) is 3.01. The van der Waals surface area contributed by atoms with Crippen molar-refractivity contribution in [3.63, 3.8) is 0 Å². The predicted octanol–water partition coefficient (Wildman–Crippen LogP) is 4.31. The van der Waals surface area contributed by atoms with Crippen LogP contribution in [0.25, 0.3) is 0 Å². The van der Waals surface area contributed by atoms with Crippen LogP contribution in [0.15, 0.2) is 48.5 Å². The number of rotatable bonds is 18. The molecule has 50 heavy (non-hydrogen) atoms. The lowest BCUT2D eigenvalue weighted by Gasteiger charge is -2.16. The maximum atomic E-state index is 12.0. The lowest BCUT2D eigenvalue weighted by Crippen LogP contribution is -2.37. The second-order valence-electron chi connectivity index (χ2n) is 13.1. The molecule has 0 spiro atoms. The summed E-state index contributed by atoms with van der Waals surface area (Å²) in [5.41, 5.74) is 1.79. The molecule has 0 bridgehead atoms. The van der Waals surface area contributed by atoms with Crippen molar-refractivity contribution in [3.05, 3.63) is 59.7 Å². The van der Waals surface area contributed by atoms with Gasteiger partial charge in [0.2, 0.25) is 21.8 Å². The molecule has 0 aliphatic carbocycles. The number of amides is 4. The Morgan fingerprint density at radius 3 is 1.36 bits per heavy atom. The number of anilines is 2. The fraction of sp³-hybridized carbons (Fsp3) is 0.529. The van der Waals surface area contributed by atoms with Crippen molar-refractivity contribution >= 4 is 52.5 Å². The van der Waals surface area contributed by atoms with Crippen LogP contribution in [0.5, 0.6) is 0 Å².